The zero-order valence-electron chi connectivity index (χ0n) is 19.3. The summed E-state index contributed by atoms with van der Waals surface area (Å²) in [4.78, 5) is 41.2. The Bertz CT molecular complexity index is 1260. The summed E-state index contributed by atoms with van der Waals surface area (Å²) in [6.45, 7) is 10.6. The van der Waals surface area contributed by atoms with Crippen LogP contribution in [-0.4, -0.2) is 29.9 Å². The van der Waals surface area contributed by atoms with Crippen molar-refractivity contribution >= 4 is 40.9 Å². The first-order chi connectivity index (χ1) is 15.5. The number of halogens is 1. The molecule has 4 amide bonds. The number of benzene rings is 2. The van der Waals surface area contributed by atoms with Crippen LogP contribution in [0.5, 0.6) is 0 Å². The number of amides is 4. The Balaban J connectivity index is 1.81. The zero-order valence-corrected chi connectivity index (χ0v) is 19.3. The van der Waals surface area contributed by atoms with Gasteiger partial charge >= 0.3 is 6.03 Å². The number of rotatable bonds is 3. The van der Waals surface area contributed by atoms with E-state index in [0.29, 0.717) is 17.8 Å². The minimum Gasteiger partial charge on any atom is -0.363 e. The van der Waals surface area contributed by atoms with Gasteiger partial charge in [-0.1, -0.05) is 24.3 Å². The number of aryl methyl sites for hydroxylation is 1. The van der Waals surface area contributed by atoms with Gasteiger partial charge in [0.15, 0.2) is 0 Å². The summed E-state index contributed by atoms with van der Waals surface area (Å²) in [6, 6.07) is 9.12. The van der Waals surface area contributed by atoms with E-state index in [1.54, 1.807) is 37.3 Å². The lowest BCUT2D eigenvalue weighted by Crippen LogP contribution is -2.54. The first-order valence-corrected chi connectivity index (χ1v) is 10.8. The maximum atomic E-state index is 15.2. The van der Waals surface area contributed by atoms with Crippen molar-refractivity contribution in [1.82, 2.24) is 5.32 Å². The van der Waals surface area contributed by atoms with Crippen LogP contribution in [0, 0.1) is 12.7 Å². The summed E-state index contributed by atoms with van der Waals surface area (Å²) in [5, 5.41) is 2.19. The number of carbonyl (C=O) groups is 3. The van der Waals surface area contributed by atoms with Crippen molar-refractivity contribution in [3.8, 4) is 0 Å². The fourth-order valence-corrected chi connectivity index (χ4v) is 4.65. The number of hydrogen-bond donors (Lipinski definition) is 1. The Morgan fingerprint density at radius 3 is 2.42 bits per heavy atom. The smallest absolute Gasteiger partial charge is 0.335 e. The van der Waals surface area contributed by atoms with Gasteiger partial charge < -0.3 is 4.90 Å². The molecule has 1 fully saturated rings. The third-order valence-electron chi connectivity index (χ3n) is 6.17. The highest BCUT2D eigenvalue weighted by Crippen LogP contribution is 2.40. The van der Waals surface area contributed by atoms with Crippen molar-refractivity contribution in [3.05, 3.63) is 70.6 Å². The van der Waals surface area contributed by atoms with Crippen LogP contribution in [0.15, 0.2) is 48.0 Å². The molecule has 170 valence electrons. The van der Waals surface area contributed by atoms with Gasteiger partial charge in [0.1, 0.15) is 11.4 Å². The van der Waals surface area contributed by atoms with E-state index in [-0.39, 0.29) is 16.7 Å². The van der Waals surface area contributed by atoms with Crippen LogP contribution in [0.2, 0.25) is 0 Å². The van der Waals surface area contributed by atoms with E-state index in [1.165, 1.54) is 12.1 Å². The van der Waals surface area contributed by atoms with Crippen molar-refractivity contribution in [3.63, 3.8) is 0 Å². The molecule has 6 nitrogen and oxygen atoms in total. The summed E-state index contributed by atoms with van der Waals surface area (Å²) in [5.41, 5.74) is 3.17. The quantitative estimate of drug-likeness (QED) is 0.541. The molecule has 1 N–H and O–H groups in total. The molecule has 0 saturated carbocycles. The third-order valence-corrected chi connectivity index (χ3v) is 6.17. The van der Waals surface area contributed by atoms with E-state index in [9.17, 15) is 14.4 Å². The van der Waals surface area contributed by atoms with Crippen LogP contribution < -0.4 is 15.1 Å². The molecule has 33 heavy (non-hydrogen) atoms. The third kappa shape index (κ3) is 3.73. The lowest BCUT2D eigenvalue weighted by Gasteiger charge is -2.43. The Morgan fingerprint density at radius 2 is 1.76 bits per heavy atom. The second kappa shape index (κ2) is 7.99. The molecule has 0 radical (unpaired) electrons. The number of para-hydroxylation sites is 1. The van der Waals surface area contributed by atoms with E-state index in [0.717, 1.165) is 21.7 Å². The van der Waals surface area contributed by atoms with Gasteiger partial charge in [0, 0.05) is 23.4 Å². The number of nitrogens with one attached hydrogen (secondary N) is 1. The first kappa shape index (κ1) is 22.5. The number of barbiturate groups is 1. The molecule has 0 atom stereocenters. The van der Waals surface area contributed by atoms with E-state index in [4.69, 9.17) is 0 Å². The lowest BCUT2D eigenvalue weighted by atomic mass is 9.87. The first-order valence-electron chi connectivity index (χ1n) is 10.8. The summed E-state index contributed by atoms with van der Waals surface area (Å²) in [7, 11) is 0. The van der Waals surface area contributed by atoms with Gasteiger partial charge in [-0.3, -0.25) is 14.9 Å². The van der Waals surface area contributed by atoms with Crippen LogP contribution in [-0.2, 0) is 9.59 Å². The number of fused-ring (bicyclic) bond motifs is 1. The summed E-state index contributed by atoms with van der Waals surface area (Å²) < 4.78 is 15.2. The van der Waals surface area contributed by atoms with Crippen molar-refractivity contribution in [2.45, 2.75) is 40.2 Å². The Hall–Kier alpha value is -3.74. The largest absolute Gasteiger partial charge is 0.363 e. The van der Waals surface area contributed by atoms with E-state index in [1.807, 2.05) is 13.8 Å². The highest BCUT2D eigenvalue weighted by Gasteiger charge is 2.38. The van der Waals surface area contributed by atoms with Gasteiger partial charge in [0.2, 0.25) is 0 Å². The second-order valence-corrected chi connectivity index (χ2v) is 8.86. The van der Waals surface area contributed by atoms with Crippen molar-refractivity contribution in [2.75, 3.05) is 16.3 Å². The molecule has 2 aliphatic heterocycles. The fraction of sp³-hybridized carbons (Fsp3) is 0.269. The number of likely N-dealkylation sites (N-methyl/N-ethyl adjacent to an activating group) is 1. The average molecular weight is 448 g/mol. The Kier molecular flexibility index (Phi) is 5.44. The van der Waals surface area contributed by atoms with Crippen LogP contribution in [0.25, 0.3) is 11.6 Å². The van der Waals surface area contributed by atoms with Gasteiger partial charge in [0.05, 0.1) is 11.2 Å². The number of urea groups is 1. The van der Waals surface area contributed by atoms with Gasteiger partial charge in [-0.2, -0.15) is 0 Å². The monoisotopic (exact) mass is 447 g/mol. The zero-order chi connectivity index (χ0) is 24.1. The molecule has 7 heteroatoms. The van der Waals surface area contributed by atoms with Gasteiger partial charge in [-0.15, -0.1) is 0 Å². The van der Waals surface area contributed by atoms with E-state index >= 15 is 4.39 Å². The number of anilines is 2. The number of allylic oxidation sites excluding steroid dienone is 1. The fourth-order valence-electron chi connectivity index (χ4n) is 4.65. The van der Waals surface area contributed by atoms with Crippen LogP contribution in [0.4, 0.5) is 20.6 Å². The molecule has 2 aromatic carbocycles. The second-order valence-electron chi connectivity index (χ2n) is 8.86. The number of imide groups is 2. The molecule has 0 bridgehead atoms. The molecule has 0 aliphatic carbocycles. The van der Waals surface area contributed by atoms with Gasteiger partial charge in [-0.05, 0) is 70.0 Å². The van der Waals surface area contributed by atoms with Crippen LogP contribution >= 0.6 is 0 Å². The predicted octanol–water partition coefficient (Wildman–Crippen LogP) is 4.82. The number of hydrogen-bond acceptors (Lipinski definition) is 4. The highest BCUT2D eigenvalue weighted by atomic mass is 19.1. The summed E-state index contributed by atoms with van der Waals surface area (Å²) in [6.07, 6.45) is 3.33. The normalized spacial score (nSPS) is 18.9. The highest BCUT2D eigenvalue weighted by molar-refractivity contribution is 6.39. The van der Waals surface area contributed by atoms with Crippen molar-refractivity contribution < 1.29 is 18.8 Å². The van der Waals surface area contributed by atoms with Gasteiger partial charge in [-0.25, -0.2) is 14.1 Å². The minimum atomic E-state index is -0.851. The van der Waals surface area contributed by atoms with E-state index in [2.05, 4.69) is 30.1 Å². The molecule has 2 heterocycles. The van der Waals surface area contributed by atoms with Crippen molar-refractivity contribution in [2.24, 2.45) is 0 Å². The van der Waals surface area contributed by atoms with E-state index < -0.39 is 23.7 Å². The maximum Gasteiger partial charge on any atom is 0.335 e. The molecule has 4 rings (SSSR count). The maximum absolute atomic E-state index is 15.2. The molecule has 1 saturated heterocycles. The number of carbonyl (C=O) groups excluding carboxylic acids is 3. The molecular weight excluding hydrogens is 421 g/mol. The predicted molar refractivity (Wildman–Crippen MR) is 127 cm³/mol. The van der Waals surface area contributed by atoms with Crippen molar-refractivity contribution in [1.29, 1.82) is 0 Å². The van der Waals surface area contributed by atoms with Gasteiger partial charge in [0.25, 0.3) is 11.8 Å². The molecule has 2 aromatic rings. The molecule has 0 spiro atoms. The Labute approximate surface area is 192 Å². The standard InChI is InChI=1S/C26H26FN3O3/c1-6-29-22-13-20(27)17(11-18(22)16(3)14-26(29,4)5)12-19-23(31)28-25(33)30(24(19)32)21-10-8-7-9-15(21)2/h7-14H,6H2,1-5H3,(H,28,31,33)/b19-12-. The molecule has 2 aliphatic rings. The molecule has 0 aromatic heterocycles. The average Bonchev–Trinajstić information content (AvgIpc) is 2.72. The van der Waals surface area contributed by atoms with Crippen LogP contribution in [0.1, 0.15) is 44.4 Å². The lowest BCUT2D eigenvalue weighted by molar-refractivity contribution is -0.122. The minimum absolute atomic E-state index is 0.106. The van der Waals surface area contributed by atoms with Crippen LogP contribution in [0.3, 0.4) is 0 Å². The summed E-state index contributed by atoms with van der Waals surface area (Å²) >= 11 is 0. The SMILES string of the molecule is CCN1c2cc(F)c(/C=C3/C(=O)NC(=O)N(c4ccccc4C)C3=O)cc2C(C)=CC1(C)C. The molecular formula is C26H26FN3O3. The number of nitrogens with zero attached hydrogens (tertiary/aromatic N) is 2. The topological polar surface area (TPSA) is 69.7 Å². The molecule has 0 unspecified atom stereocenters. The Morgan fingerprint density at radius 1 is 1.06 bits per heavy atom. The summed E-state index contributed by atoms with van der Waals surface area (Å²) in [5.74, 6) is -2.19.